The van der Waals surface area contributed by atoms with E-state index in [4.69, 9.17) is 9.51 Å². The van der Waals surface area contributed by atoms with Crippen molar-refractivity contribution >= 4 is 32.1 Å². The lowest BCUT2D eigenvalue weighted by atomic mass is 9.85. The molecule has 0 aliphatic heterocycles. The van der Waals surface area contributed by atoms with E-state index in [1.165, 1.54) is 32.1 Å². The van der Waals surface area contributed by atoms with E-state index in [-0.39, 0.29) is 4.90 Å². The highest BCUT2D eigenvalue weighted by molar-refractivity contribution is 7.89. The third kappa shape index (κ3) is 5.23. The summed E-state index contributed by atoms with van der Waals surface area (Å²) >= 11 is 1.54. The molecule has 1 saturated carbocycles. The number of nitrogens with zero attached hydrogens (tertiary/aromatic N) is 3. The highest BCUT2D eigenvalue weighted by Gasteiger charge is 2.27. The first-order valence-corrected chi connectivity index (χ1v) is 14.8. The number of hydrogen-bond donors (Lipinski definition) is 1. The number of fused-ring (bicyclic) bond motifs is 1. The van der Waals surface area contributed by atoms with Crippen LogP contribution in [0.3, 0.4) is 0 Å². The van der Waals surface area contributed by atoms with Crippen LogP contribution in [-0.4, -0.2) is 29.1 Å². The van der Waals surface area contributed by atoms with Crippen LogP contribution in [0, 0.1) is 12.8 Å². The Balaban J connectivity index is 1.65. The molecule has 0 atom stereocenters. The van der Waals surface area contributed by atoms with Crippen LogP contribution in [0.4, 0.5) is 0 Å². The molecule has 190 valence electrons. The van der Waals surface area contributed by atoms with Crippen molar-refractivity contribution < 1.29 is 12.9 Å². The van der Waals surface area contributed by atoms with Crippen molar-refractivity contribution in [3.63, 3.8) is 0 Å². The molecule has 2 aromatic heterocycles. The third-order valence-electron chi connectivity index (χ3n) is 6.48. The fourth-order valence-electron chi connectivity index (χ4n) is 5.01. The van der Waals surface area contributed by atoms with Gasteiger partial charge in [-0.15, -0.1) is 11.3 Å². The summed E-state index contributed by atoms with van der Waals surface area (Å²) in [6.45, 7) is 7.30. The van der Waals surface area contributed by atoms with Gasteiger partial charge in [0.25, 0.3) is 0 Å². The maximum atomic E-state index is 13.3. The molecule has 1 N–H and O–H groups in total. The van der Waals surface area contributed by atoms with Crippen molar-refractivity contribution in [2.45, 2.75) is 76.7 Å². The van der Waals surface area contributed by atoms with E-state index >= 15 is 0 Å². The minimum atomic E-state index is -3.71. The molecule has 0 amide bonds. The number of benzene rings is 2. The lowest BCUT2D eigenvalue weighted by Crippen LogP contribution is -2.40. The monoisotopic (exact) mass is 524 g/mol. The van der Waals surface area contributed by atoms with E-state index < -0.39 is 15.6 Å². The molecule has 0 saturated heterocycles. The van der Waals surface area contributed by atoms with Crippen LogP contribution < -0.4 is 4.72 Å². The summed E-state index contributed by atoms with van der Waals surface area (Å²) in [5.41, 5.74) is 1.43. The smallest absolute Gasteiger partial charge is 0.241 e. The molecule has 7 nitrogen and oxygen atoms in total. The Morgan fingerprint density at radius 3 is 2.42 bits per heavy atom. The molecule has 2 heterocycles. The lowest BCUT2D eigenvalue weighted by molar-refractivity contribution is 0.355. The van der Waals surface area contributed by atoms with Crippen molar-refractivity contribution in [2.75, 3.05) is 0 Å². The van der Waals surface area contributed by atoms with Crippen molar-refractivity contribution in [1.82, 2.24) is 19.8 Å². The second-order valence-electron chi connectivity index (χ2n) is 10.7. The van der Waals surface area contributed by atoms with Gasteiger partial charge in [-0.1, -0.05) is 67.6 Å². The first-order valence-electron chi connectivity index (χ1n) is 12.5. The van der Waals surface area contributed by atoms with Crippen LogP contribution in [0.15, 0.2) is 45.8 Å². The summed E-state index contributed by atoms with van der Waals surface area (Å²) in [4.78, 5) is 10.7. The van der Waals surface area contributed by atoms with Gasteiger partial charge in [-0.3, -0.25) is 0 Å². The molecule has 9 heteroatoms. The zero-order valence-corrected chi connectivity index (χ0v) is 22.8. The number of aryl methyl sites for hydroxylation is 1. The van der Waals surface area contributed by atoms with E-state index in [0.29, 0.717) is 23.0 Å². The number of nitrogens with one attached hydrogen (secondary N) is 1. The van der Waals surface area contributed by atoms with Gasteiger partial charge in [0.1, 0.15) is 0 Å². The van der Waals surface area contributed by atoms with Crippen molar-refractivity contribution in [3.05, 3.63) is 48.0 Å². The number of thiazole rings is 1. The standard InChI is InChI=1S/C27H32N4O3S2/c1-17-28-25(30-34-17)26-29-22(16-18-10-6-5-7-11-18)24(35-26)21-14-15-23(20-13-9-8-12-19(20)21)36(32,33)31-27(2,3)4/h8-9,12-15,18,31H,5-7,10-11,16H2,1-4H3. The van der Waals surface area contributed by atoms with E-state index in [9.17, 15) is 8.42 Å². The van der Waals surface area contributed by atoms with Gasteiger partial charge in [-0.2, -0.15) is 4.98 Å². The Morgan fingerprint density at radius 1 is 1.03 bits per heavy atom. The Kier molecular flexibility index (Phi) is 6.74. The minimum absolute atomic E-state index is 0.282. The average Bonchev–Trinajstić information content (AvgIpc) is 3.43. The molecule has 0 spiro atoms. The maximum absolute atomic E-state index is 13.3. The molecule has 1 aliphatic carbocycles. The van der Waals surface area contributed by atoms with Crippen LogP contribution in [0.25, 0.3) is 32.0 Å². The Morgan fingerprint density at radius 2 is 1.75 bits per heavy atom. The van der Waals surface area contributed by atoms with Crippen LogP contribution >= 0.6 is 11.3 Å². The molecular formula is C27H32N4O3S2. The molecule has 5 rings (SSSR count). The molecule has 0 bridgehead atoms. The van der Waals surface area contributed by atoms with Gasteiger partial charge in [0.05, 0.1) is 15.5 Å². The predicted octanol–water partition coefficient (Wildman–Crippen LogP) is 6.52. The van der Waals surface area contributed by atoms with E-state index in [2.05, 4.69) is 14.9 Å². The average molecular weight is 525 g/mol. The second kappa shape index (κ2) is 9.68. The zero-order valence-electron chi connectivity index (χ0n) is 21.2. The highest BCUT2D eigenvalue weighted by Crippen LogP contribution is 2.41. The van der Waals surface area contributed by atoms with Crippen LogP contribution in [-0.2, 0) is 16.4 Å². The predicted molar refractivity (Wildman–Crippen MR) is 143 cm³/mol. The normalized spacial score (nSPS) is 15.6. The van der Waals surface area contributed by atoms with E-state index in [0.717, 1.165) is 32.9 Å². The van der Waals surface area contributed by atoms with Gasteiger partial charge in [0, 0.05) is 23.4 Å². The van der Waals surface area contributed by atoms with Crippen LogP contribution in [0.2, 0.25) is 0 Å². The molecule has 2 aromatic carbocycles. The molecule has 36 heavy (non-hydrogen) atoms. The highest BCUT2D eigenvalue weighted by atomic mass is 32.2. The van der Waals surface area contributed by atoms with Crippen molar-refractivity contribution in [3.8, 4) is 21.3 Å². The molecule has 0 radical (unpaired) electrons. The first-order chi connectivity index (χ1) is 17.1. The minimum Gasteiger partial charge on any atom is -0.339 e. The fraction of sp³-hybridized carbons (Fsp3) is 0.444. The molecule has 1 aliphatic rings. The van der Waals surface area contributed by atoms with Crippen LogP contribution in [0.1, 0.15) is 64.5 Å². The Bertz CT molecular complexity index is 1490. The molecule has 4 aromatic rings. The van der Waals surface area contributed by atoms with E-state index in [1.807, 2.05) is 51.1 Å². The van der Waals surface area contributed by atoms with Gasteiger partial charge in [-0.25, -0.2) is 18.1 Å². The number of sulfonamides is 1. The number of hydrogen-bond acceptors (Lipinski definition) is 7. The molecule has 0 unspecified atom stereocenters. The SMILES string of the molecule is Cc1nc(-c2nc(CC3CCCCC3)c(-c3ccc(S(=O)(=O)NC(C)(C)C)c4ccccc34)s2)no1. The third-order valence-corrected chi connectivity index (χ3v) is 9.42. The quantitative estimate of drug-likeness (QED) is 0.308. The van der Waals surface area contributed by atoms with Crippen LogP contribution in [0.5, 0.6) is 0 Å². The van der Waals surface area contributed by atoms with Gasteiger partial charge in [0.15, 0.2) is 5.01 Å². The number of rotatable bonds is 6. The maximum Gasteiger partial charge on any atom is 0.241 e. The summed E-state index contributed by atoms with van der Waals surface area (Å²) < 4.78 is 34.6. The Labute approximate surface area is 216 Å². The van der Waals surface area contributed by atoms with E-state index in [1.54, 1.807) is 24.3 Å². The summed E-state index contributed by atoms with van der Waals surface area (Å²) in [7, 11) is -3.71. The fourth-order valence-corrected chi connectivity index (χ4v) is 7.70. The van der Waals surface area contributed by atoms with Gasteiger partial charge >= 0.3 is 0 Å². The molecular weight excluding hydrogens is 492 g/mol. The summed E-state index contributed by atoms with van der Waals surface area (Å²) in [5.74, 6) is 1.59. The summed E-state index contributed by atoms with van der Waals surface area (Å²) in [5, 5.41) is 6.41. The zero-order chi connectivity index (χ0) is 25.5. The lowest BCUT2D eigenvalue weighted by Gasteiger charge is -2.22. The van der Waals surface area contributed by atoms with Crippen molar-refractivity contribution in [1.29, 1.82) is 0 Å². The first kappa shape index (κ1) is 25.0. The second-order valence-corrected chi connectivity index (χ2v) is 13.3. The summed E-state index contributed by atoms with van der Waals surface area (Å²) in [6.07, 6.45) is 7.14. The van der Waals surface area contributed by atoms with Gasteiger partial charge < -0.3 is 4.52 Å². The van der Waals surface area contributed by atoms with Gasteiger partial charge in [-0.05, 0) is 44.6 Å². The summed E-state index contributed by atoms with van der Waals surface area (Å²) in [6, 6.07) is 11.3. The Hall–Kier alpha value is -2.62. The van der Waals surface area contributed by atoms with Gasteiger partial charge in [0.2, 0.25) is 21.7 Å². The number of aromatic nitrogens is 3. The largest absolute Gasteiger partial charge is 0.339 e. The molecule has 1 fully saturated rings. The topological polar surface area (TPSA) is 98.0 Å². The van der Waals surface area contributed by atoms with Crippen molar-refractivity contribution in [2.24, 2.45) is 5.92 Å².